The van der Waals surface area contributed by atoms with E-state index in [0.717, 1.165) is 44.7 Å². The number of nitrogens with one attached hydrogen (secondary N) is 2. The number of alkyl carbamates (subject to hydrolysis) is 1. The summed E-state index contributed by atoms with van der Waals surface area (Å²) in [5.74, 6) is 0.410. The van der Waals surface area contributed by atoms with Crippen molar-refractivity contribution in [2.45, 2.75) is 50.0 Å². The highest BCUT2D eigenvalue weighted by molar-refractivity contribution is 7.95. The zero-order chi connectivity index (χ0) is 34.7. The van der Waals surface area contributed by atoms with Gasteiger partial charge in [-0.1, -0.05) is 66.7 Å². The summed E-state index contributed by atoms with van der Waals surface area (Å²) in [7, 11) is -0.314. The van der Waals surface area contributed by atoms with Crippen LogP contribution in [0.5, 0.6) is 5.75 Å². The first kappa shape index (κ1) is 38.5. The lowest BCUT2D eigenvalue weighted by molar-refractivity contribution is -0.0000305. The molecule has 9 heteroatoms. The Kier molecular flexibility index (Phi) is 14.1. The van der Waals surface area contributed by atoms with Crippen molar-refractivity contribution in [3.05, 3.63) is 143 Å². The Morgan fingerprint density at radius 3 is 1.88 bits per heavy atom. The summed E-state index contributed by atoms with van der Waals surface area (Å²) in [5, 5.41) is 14.6. The fourth-order valence-electron chi connectivity index (χ4n) is 7.31. The second kappa shape index (κ2) is 18.7. The Bertz CT molecular complexity index is 1700. The molecule has 266 valence electrons. The van der Waals surface area contributed by atoms with Crippen LogP contribution in [0, 0.1) is 0 Å². The van der Waals surface area contributed by atoms with Crippen molar-refractivity contribution in [3.63, 3.8) is 0 Å². The lowest BCUT2D eigenvalue weighted by Crippen LogP contribution is -3.00. The van der Waals surface area contributed by atoms with Crippen molar-refractivity contribution < 1.29 is 43.0 Å². The number of thiophene rings is 1. The predicted molar refractivity (Wildman–Crippen MR) is 207 cm³/mol. The topological polar surface area (TPSA) is 76.7 Å². The fourth-order valence-corrected chi connectivity index (χ4v) is 12.5. The van der Waals surface area contributed by atoms with Crippen LogP contribution in [0.1, 0.15) is 54.4 Å². The number of benzene rings is 4. The van der Waals surface area contributed by atoms with E-state index in [9.17, 15) is 9.59 Å². The molecule has 1 aliphatic carbocycles. The molecule has 0 atom stereocenters. The van der Waals surface area contributed by atoms with Crippen molar-refractivity contribution in [3.8, 4) is 5.75 Å². The minimum atomic E-state index is -1.89. The smallest absolute Gasteiger partial charge is 0.407 e. The minimum Gasteiger partial charge on any atom is -1.00 e. The summed E-state index contributed by atoms with van der Waals surface area (Å²) in [6.45, 7) is 1.08. The molecule has 0 bridgehead atoms. The van der Waals surface area contributed by atoms with Gasteiger partial charge in [0.1, 0.15) is 35.0 Å². The van der Waals surface area contributed by atoms with Crippen LogP contribution >= 0.6 is 18.6 Å². The molecule has 6 nitrogen and oxygen atoms in total. The second-order valence-corrected chi connectivity index (χ2v) is 17.3. The number of ether oxygens (including phenoxy) is 2. The molecule has 1 aromatic heterocycles. The first-order valence-corrected chi connectivity index (χ1v) is 20.4. The normalized spacial score (nSPS) is 17.1. The molecule has 0 spiro atoms. The SMILES string of the molecule is COc1ccccc1C(=O)NCC1(c2ccsc2)CCC(OC(=O)NCCCC[P+](c2ccccc2)(c2ccccc2)c2ccccc2)CC1.[I-]. The van der Waals surface area contributed by atoms with Crippen LogP contribution in [-0.2, 0) is 10.2 Å². The van der Waals surface area contributed by atoms with Crippen LogP contribution in [0.25, 0.3) is 0 Å². The fraction of sp³-hybridized carbons (Fsp3) is 0.286. The molecule has 5 aromatic rings. The molecule has 4 aromatic carbocycles. The molecule has 2 amide bonds. The first-order valence-electron chi connectivity index (χ1n) is 17.5. The number of hydrogen-bond acceptors (Lipinski definition) is 5. The molecule has 1 heterocycles. The largest absolute Gasteiger partial charge is 1.00 e. The molecule has 0 unspecified atom stereocenters. The van der Waals surface area contributed by atoms with Crippen molar-refractivity contribution in [1.82, 2.24) is 10.6 Å². The highest BCUT2D eigenvalue weighted by Crippen LogP contribution is 2.55. The van der Waals surface area contributed by atoms with E-state index in [1.165, 1.54) is 21.5 Å². The van der Waals surface area contributed by atoms with Gasteiger partial charge in [-0.15, -0.1) is 0 Å². The van der Waals surface area contributed by atoms with E-state index in [2.05, 4.69) is 118 Å². The van der Waals surface area contributed by atoms with Crippen molar-refractivity contribution in [1.29, 1.82) is 0 Å². The lowest BCUT2D eigenvalue weighted by atomic mass is 9.69. The van der Waals surface area contributed by atoms with Crippen LogP contribution in [0.2, 0.25) is 0 Å². The van der Waals surface area contributed by atoms with Gasteiger partial charge in [0.05, 0.1) is 18.8 Å². The average molecular weight is 833 g/mol. The van der Waals surface area contributed by atoms with Crippen LogP contribution in [-0.4, -0.2) is 44.5 Å². The second-order valence-electron chi connectivity index (χ2n) is 13.0. The average Bonchev–Trinajstić information content (AvgIpc) is 3.73. The van der Waals surface area contributed by atoms with E-state index in [4.69, 9.17) is 9.47 Å². The third-order valence-corrected chi connectivity index (χ3v) is 15.2. The third kappa shape index (κ3) is 9.21. The number of para-hydroxylation sites is 1. The number of unbranched alkanes of at least 4 members (excludes halogenated alkanes) is 1. The minimum absolute atomic E-state index is 0. The highest BCUT2D eigenvalue weighted by Gasteiger charge is 2.44. The van der Waals surface area contributed by atoms with Gasteiger partial charge < -0.3 is 44.1 Å². The van der Waals surface area contributed by atoms with Gasteiger partial charge in [0.15, 0.2) is 0 Å². The molecule has 2 N–H and O–H groups in total. The van der Waals surface area contributed by atoms with E-state index in [-0.39, 0.29) is 47.5 Å². The van der Waals surface area contributed by atoms with Gasteiger partial charge in [-0.25, -0.2) is 4.79 Å². The van der Waals surface area contributed by atoms with Gasteiger partial charge in [-0.05, 0) is 109 Å². The van der Waals surface area contributed by atoms with Crippen molar-refractivity contribution in [2.75, 3.05) is 26.4 Å². The number of hydrogen-bond donors (Lipinski definition) is 2. The molecule has 6 rings (SSSR count). The summed E-state index contributed by atoms with van der Waals surface area (Å²) in [4.78, 5) is 26.1. The Labute approximate surface area is 323 Å². The molecule has 1 aliphatic rings. The maximum atomic E-state index is 13.1. The van der Waals surface area contributed by atoms with Crippen molar-refractivity contribution in [2.24, 2.45) is 0 Å². The van der Waals surface area contributed by atoms with Crippen LogP contribution < -0.4 is 55.3 Å². The molecular formula is C42H46IN2O4PS. The third-order valence-electron chi connectivity index (χ3n) is 10.0. The van der Waals surface area contributed by atoms with Gasteiger partial charge in [0.25, 0.3) is 5.91 Å². The molecule has 51 heavy (non-hydrogen) atoms. The quantitative estimate of drug-likeness (QED) is 0.0953. The van der Waals surface area contributed by atoms with E-state index < -0.39 is 7.26 Å². The van der Waals surface area contributed by atoms with Gasteiger partial charge >= 0.3 is 6.09 Å². The van der Waals surface area contributed by atoms with Gasteiger partial charge in [-0.2, -0.15) is 11.3 Å². The van der Waals surface area contributed by atoms with E-state index in [1.807, 2.05) is 12.1 Å². The summed E-state index contributed by atoms with van der Waals surface area (Å²) in [6.07, 6.45) is 5.47. The Hall–Kier alpha value is -3.72. The molecule has 1 fully saturated rings. The molecule has 0 radical (unpaired) electrons. The number of methoxy groups -OCH3 is 1. The Balaban J connectivity index is 0.00000504. The molecule has 0 saturated heterocycles. The highest BCUT2D eigenvalue weighted by atomic mass is 127. The Morgan fingerprint density at radius 1 is 0.765 bits per heavy atom. The molecule has 1 saturated carbocycles. The number of carbonyl (C=O) groups is 2. The van der Waals surface area contributed by atoms with Crippen LogP contribution in [0.4, 0.5) is 4.79 Å². The van der Waals surface area contributed by atoms with Gasteiger partial charge in [0, 0.05) is 18.5 Å². The summed E-state index contributed by atoms with van der Waals surface area (Å²) in [5.41, 5.74) is 1.54. The first-order chi connectivity index (χ1) is 24.5. The monoisotopic (exact) mass is 832 g/mol. The van der Waals surface area contributed by atoms with E-state index in [1.54, 1.807) is 30.6 Å². The van der Waals surface area contributed by atoms with Crippen LogP contribution in [0.15, 0.2) is 132 Å². The van der Waals surface area contributed by atoms with Gasteiger partial charge in [0.2, 0.25) is 0 Å². The molecular weight excluding hydrogens is 786 g/mol. The summed E-state index contributed by atoms with van der Waals surface area (Å²) in [6, 6.07) is 42.2. The maximum absolute atomic E-state index is 13.1. The lowest BCUT2D eigenvalue weighted by Gasteiger charge is -2.40. The number of carbonyl (C=O) groups excluding carboxylic acids is 2. The van der Waals surface area contributed by atoms with E-state index in [0.29, 0.717) is 24.4 Å². The summed E-state index contributed by atoms with van der Waals surface area (Å²) < 4.78 is 11.3. The zero-order valence-corrected chi connectivity index (χ0v) is 32.9. The predicted octanol–water partition coefficient (Wildman–Crippen LogP) is 4.87. The van der Waals surface area contributed by atoms with Crippen molar-refractivity contribution >= 4 is 46.5 Å². The number of amides is 2. The molecule has 0 aliphatic heterocycles. The van der Waals surface area contributed by atoms with E-state index >= 15 is 0 Å². The zero-order valence-electron chi connectivity index (χ0n) is 29.0. The summed E-state index contributed by atoms with van der Waals surface area (Å²) >= 11 is 1.66. The maximum Gasteiger partial charge on any atom is 0.407 e. The van der Waals surface area contributed by atoms with Crippen LogP contribution in [0.3, 0.4) is 0 Å². The Morgan fingerprint density at radius 2 is 1.33 bits per heavy atom. The van der Waals surface area contributed by atoms with Gasteiger partial charge in [-0.3, -0.25) is 4.79 Å². The standard InChI is InChI=1S/C42H45N2O4PS.HI/c1-47-39-22-12-11-21-38(39)40(45)44-32-42(33-25-30-50-31-33)26-23-34(24-27-42)48-41(46)43-28-13-14-29-49(35-15-5-2-6-16-35,36-17-7-3-8-18-36)37-19-9-4-10-20-37;/h2-12,15-22,25,30-31,34H,13-14,23-24,26-29,32H2,1H3,(H-,43,44,45,46);1H. The number of rotatable bonds is 14. The number of halogens is 1.